The molecule has 0 spiro atoms. The van der Waals surface area contributed by atoms with E-state index in [9.17, 15) is 24.5 Å². The van der Waals surface area contributed by atoms with Gasteiger partial charge in [-0.05, 0) is 32.4 Å². The first-order valence-corrected chi connectivity index (χ1v) is 10.9. The highest BCUT2D eigenvalue weighted by Crippen LogP contribution is 2.50. The summed E-state index contributed by atoms with van der Waals surface area (Å²) in [5.41, 5.74) is 1.31. The normalized spacial score (nSPS) is 26.4. The number of carbonyl (C=O) groups is 3. The molecule has 0 saturated carbocycles. The Kier molecular flexibility index (Phi) is 5.01. The maximum atomic E-state index is 13.7. The van der Waals surface area contributed by atoms with E-state index < -0.39 is 34.6 Å². The zero-order chi connectivity index (χ0) is 23.4. The van der Waals surface area contributed by atoms with Crippen molar-refractivity contribution >= 4 is 29.0 Å². The van der Waals surface area contributed by atoms with Gasteiger partial charge in [-0.1, -0.05) is 29.8 Å². The monoisotopic (exact) mass is 449 g/mol. The van der Waals surface area contributed by atoms with Crippen molar-refractivity contribution in [2.45, 2.75) is 31.8 Å². The van der Waals surface area contributed by atoms with Gasteiger partial charge < -0.3 is 4.74 Å². The molecule has 0 aliphatic carbocycles. The highest BCUT2D eigenvalue weighted by molar-refractivity contribution is 6.25. The lowest BCUT2D eigenvalue weighted by Crippen LogP contribution is -2.46. The molecule has 0 aromatic heterocycles. The van der Waals surface area contributed by atoms with E-state index in [0.717, 1.165) is 23.3 Å². The predicted molar refractivity (Wildman–Crippen MR) is 118 cm³/mol. The molecule has 2 aromatic rings. The number of carbonyl (C=O) groups excluding carboxylic acids is 3. The smallest absolute Gasteiger partial charge is 0.271 e. The van der Waals surface area contributed by atoms with Crippen LogP contribution in [0.1, 0.15) is 28.8 Å². The lowest BCUT2D eigenvalue weighted by molar-refractivity contribution is -0.384. The third-order valence-electron chi connectivity index (χ3n) is 7.07. The maximum absolute atomic E-state index is 13.7. The van der Waals surface area contributed by atoms with Crippen LogP contribution >= 0.6 is 0 Å². The Morgan fingerprint density at radius 3 is 2.45 bits per heavy atom. The summed E-state index contributed by atoms with van der Waals surface area (Å²) in [6, 6.07) is 10.1. The molecule has 9 nitrogen and oxygen atoms in total. The van der Waals surface area contributed by atoms with Crippen LogP contribution in [0.2, 0.25) is 0 Å². The number of ketones is 1. The summed E-state index contributed by atoms with van der Waals surface area (Å²) >= 11 is 0. The van der Waals surface area contributed by atoms with Gasteiger partial charge in [-0.15, -0.1) is 0 Å². The van der Waals surface area contributed by atoms with E-state index in [-0.39, 0.29) is 28.9 Å². The van der Waals surface area contributed by atoms with Gasteiger partial charge in [-0.3, -0.25) is 29.4 Å². The van der Waals surface area contributed by atoms with E-state index in [0.29, 0.717) is 12.1 Å². The number of hydrogen-bond acceptors (Lipinski definition) is 7. The molecule has 2 amide bonds. The van der Waals surface area contributed by atoms with E-state index in [1.54, 1.807) is 12.1 Å². The molecule has 3 heterocycles. The summed E-state index contributed by atoms with van der Waals surface area (Å²) in [5.74, 6) is -2.43. The number of ether oxygens (including phenoxy) is 1. The molecular formula is C24H23N3O6. The lowest BCUT2D eigenvalue weighted by Gasteiger charge is -2.28. The number of rotatable bonds is 5. The fraction of sp³-hybridized carbons (Fsp3) is 0.375. The molecule has 0 N–H and O–H groups in total. The van der Waals surface area contributed by atoms with Crippen LogP contribution < -0.4 is 9.64 Å². The van der Waals surface area contributed by atoms with E-state index in [1.807, 2.05) is 24.0 Å². The first-order chi connectivity index (χ1) is 15.8. The average molecular weight is 449 g/mol. The SMILES string of the molecule is COc1ccc([N+](=O)[O-])cc1N1C(=O)[C@H]2[C@H](C1=O)[C@@H](C(=O)c1ccc(C)cc1)N1CCC[C@H]21. The molecule has 0 radical (unpaired) electrons. The summed E-state index contributed by atoms with van der Waals surface area (Å²) in [6.07, 6.45) is 1.56. The Bertz CT molecular complexity index is 1180. The standard InChI is InChI=1S/C24H23N3O6/c1-13-5-7-14(8-6-13)22(28)21-20-19(16-4-3-11-25(16)21)23(29)26(24(20)30)17-12-15(27(31)32)9-10-18(17)33-2/h5-10,12,16,19-21H,3-4,11H2,1-2H3/t16-,19-,20+,21+/m1/s1. The molecular weight excluding hydrogens is 426 g/mol. The molecule has 33 heavy (non-hydrogen) atoms. The summed E-state index contributed by atoms with van der Waals surface area (Å²) in [5, 5.41) is 11.3. The molecule has 3 fully saturated rings. The quantitative estimate of drug-likeness (QED) is 0.299. The third kappa shape index (κ3) is 3.14. The van der Waals surface area contributed by atoms with Gasteiger partial charge in [0.05, 0.1) is 29.9 Å². The van der Waals surface area contributed by atoms with Crippen molar-refractivity contribution in [1.29, 1.82) is 0 Å². The lowest BCUT2D eigenvalue weighted by atomic mass is 9.85. The predicted octanol–water partition coefficient (Wildman–Crippen LogP) is 2.75. The van der Waals surface area contributed by atoms with Gasteiger partial charge in [0.25, 0.3) is 5.69 Å². The molecule has 0 bridgehead atoms. The summed E-state index contributed by atoms with van der Waals surface area (Å²) < 4.78 is 5.31. The third-order valence-corrected chi connectivity index (χ3v) is 7.07. The van der Waals surface area contributed by atoms with Crippen molar-refractivity contribution in [1.82, 2.24) is 4.90 Å². The molecule has 3 saturated heterocycles. The fourth-order valence-corrected chi connectivity index (χ4v) is 5.61. The van der Waals surface area contributed by atoms with Crippen LogP contribution in [0.15, 0.2) is 42.5 Å². The van der Waals surface area contributed by atoms with Gasteiger partial charge in [0.1, 0.15) is 11.4 Å². The van der Waals surface area contributed by atoms with Crippen LogP contribution in [0.4, 0.5) is 11.4 Å². The Balaban J connectivity index is 1.58. The number of nitrogens with zero attached hydrogens (tertiary/aromatic N) is 3. The van der Waals surface area contributed by atoms with Gasteiger partial charge in [0, 0.05) is 23.7 Å². The molecule has 9 heteroatoms. The van der Waals surface area contributed by atoms with Crippen molar-refractivity contribution in [3.05, 3.63) is 63.7 Å². The Hall–Kier alpha value is -3.59. The van der Waals surface area contributed by atoms with Crippen LogP contribution in [0.3, 0.4) is 0 Å². The average Bonchev–Trinajstić information content (AvgIpc) is 3.45. The number of imide groups is 1. The van der Waals surface area contributed by atoms with Crippen molar-refractivity contribution < 1.29 is 24.0 Å². The van der Waals surface area contributed by atoms with E-state index in [4.69, 9.17) is 4.74 Å². The molecule has 3 aliphatic rings. The van der Waals surface area contributed by atoms with E-state index >= 15 is 0 Å². The second-order valence-corrected chi connectivity index (χ2v) is 8.80. The minimum absolute atomic E-state index is 0.0437. The first kappa shape index (κ1) is 21.3. The summed E-state index contributed by atoms with van der Waals surface area (Å²) in [7, 11) is 1.37. The zero-order valence-electron chi connectivity index (χ0n) is 18.3. The van der Waals surface area contributed by atoms with Crippen molar-refractivity contribution in [2.24, 2.45) is 11.8 Å². The topological polar surface area (TPSA) is 110 Å². The summed E-state index contributed by atoms with van der Waals surface area (Å²) in [6.45, 7) is 2.58. The van der Waals surface area contributed by atoms with Crippen LogP contribution in [0.25, 0.3) is 0 Å². The van der Waals surface area contributed by atoms with Crippen molar-refractivity contribution in [2.75, 3.05) is 18.6 Å². The van der Waals surface area contributed by atoms with E-state index in [2.05, 4.69) is 0 Å². The molecule has 3 aliphatic heterocycles. The largest absolute Gasteiger partial charge is 0.495 e. The molecule has 2 aromatic carbocycles. The fourth-order valence-electron chi connectivity index (χ4n) is 5.61. The second-order valence-electron chi connectivity index (χ2n) is 8.80. The number of nitro groups is 1. The van der Waals surface area contributed by atoms with Crippen LogP contribution in [0.5, 0.6) is 5.75 Å². The van der Waals surface area contributed by atoms with Gasteiger partial charge in [-0.25, -0.2) is 4.90 Å². The number of hydrogen-bond donors (Lipinski definition) is 0. The number of Topliss-reactive ketones (excluding diaryl/α,β-unsaturated/α-hetero) is 1. The Labute approximate surface area is 190 Å². The highest BCUT2D eigenvalue weighted by Gasteiger charge is 2.65. The molecule has 170 valence electrons. The number of benzene rings is 2. The van der Waals surface area contributed by atoms with Gasteiger partial charge in [0.15, 0.2) is 5.78 Å². The van der Waals surface area contributed by atoms with Crippen LogP contribution in [-0.4, -0.2) is 53.2 Å². The van der Waals surface area contributed by atoms with Crippen molar-refractivity contribution in [3.8, 4) is 5.75 Å². The number of anilines is 1. The Morgan fingerprint density at radius 2 is 1.79 bits per heavy atom. The first-order valence-electron chi connectivity index (χ1n) is 10.9. The summed E-state index contributed by atoms with van der Waals surface area (Å²) in [4.78, 5) is 54.6. The van der Waals surface area contributed by atoms with E-state index in [1.165, 1.54) is 25.3 Å². The minimum atomic E-state index is -0.833. The van der Waals surface area contributed by atoms with Gasteiger partial charge >= 0.3 is 0 Å². The number of nitro benzene ring substituents is 1. The molecule has 0 unspecified atom stereocenters. The zero-order valence-corrected chi connectivity index (χ0v) is 18.3. The number of aryl methyl sites for hydroxylation is 1. The Morgan fingerprint density at radius 1 is 1.09 bits per heavy atom. The number of methoxy groups -OCH3 is 1. The number of non-ortho nitro benzene ring substituents is 1. The van der Waals surface area contributed by atoms with Crippen LogP contribution in [0, 0.1) is 28.9 Å². The maximum Gasteiger partial charge on any atom is 0.271 e. The number of amides is 2. The molecule has 5 rings (SSSR count). The number of fused-ring (bicyclic) bond motifs is 3. The minimum Gasteiger partial charge on any atom is -0.495 e. The van der Waals surface area contributed by atoms with Gasteiger partial charge in [-0.2, -0.15) is 0 Å². The van der Waals surface area contributed by atoms with Gasteiger partial charge in [0.2, 0.25) is 11.8 Å². The van der Waals surface area contributed by atoms with Crippen molar-refractivity contribution in [3.63, 3.8) is 0 Å². The van der Waals surface area contributed by atoms with Crippen LogP contribution in [-0.2, 0) is 9.59 Å². The second kappa shape index (κ2) is 7.77. The molecule has 4 atom stereocenters. The highest BCUT2D eigenvalue weighted by atomic mass is 16.6.